The topological polar surface area (TPSA) is 38.0 Å². The zero-order chi connectivity index (χ0) is 11.5. The lowest BCUT2D eigenvalue weighted by molar-refractivity contribution is 0.405. The molecule has 84 valence electrons. The number of benzene rings is 1. The third kappa shape index (κ3) is 3.40. The van der Waals surface area contributed by atoms with Crippen LogP contribution >= 0.6 is 11.6 Å². The highest BCUT2D eigenvalue weighted by Gasteiger charge is 2.15. The van der Waals surface area contributed by atoms with E-state index in [1.807, 2.05) is 25.1 Å². The fraction of sp³-hybridized carbons (Fsp3) is 0.500. The van der Waals surface area contributed by atoms with Crippen LogP contribution in [0.5, 0.6) is 0 Å². The Morgan fingerprint density at radius 3 is 2.67 bits per heavy atom. The van der Waals surface area contributed by atoms with Crippen molar-refractivity contribution < 1.29 is 0 Å². The van der Waals surface area contributed by atoms with Gasteiger partial charge < -0.3 is 11.1 Å². The molecular formula is C12H19ClN2. The summed E-state index contributed by atoms with van der Waals surface area (Å²) in [4.78, 5) is 0. The molecule has 1 aromatic carbocycles. The van der Waals surface area contributed by atoms with Crippen LogP contribution in [0, 0.1) is 12.3 Å². The molecule has 3 heteroatoms. The van der Waals surface area contributed by atoms with E-state index in [2.05, 4.69) is 19.2 Å². The third-order valence-corrected chi connectivity index (χ3v) is 2.99. The van der Waals surface area contributed by atoms with Crippen LogP contribution in [-0.2, 0) is 0 Å². The van der Waals surface area contributed by atoms with Crippen molar-refractivity contribution in [2.45, 2.75) is 20.8 Å². The predicted molar refractivity (Wildman–Crippen MR) is 67.5 cm³/mol. The molecule has 0 saturated carbocycles. The summed E-state index contributed by atoms with van der Waals surface area (Å²) >= 11 is 6.03. The monoisotopic (exact) mass is 226 g/mol. The molecule has 0 radical (unpaired) electrons. The molecule has 1 aromatic rings. The third-order valence-electron chi connectivity index (χ3n) is 2.58. The molecule has 3 N–H and O–H groups in total. The van der Waals surface area contributed by atoms with Crippen molar-refractivity contribution in [2.75, 3.05) is 18.4 Å². The first kappa shape index (κ1) is 12.3. The zero-order valence-corrected chi connectivity index (χ0v) is 10.4. The Morgan fingerprint density at radius 1 is 1.40 bits per heavy atom. The van der Waals surface area contributed by atoms with E-state index in [0.29, 0.717) is 6.54 Å². The van der Waals surface area contributed by atoms with Crippen LogP contribution < -0.4 is 11.1 Å². The molecule has 0 heterocycles. The second-order valence-corrected chi connectivity index (χ2v) is 5.04. The Morgan fingerprint density at radius 2 is 2.07 bits per heavy atom. The minimum Gasteiger partial charge on any atom is -0.384 e. The second kappa shape index (κ2) is 4.86. The Labute approximate surface area is 96.8 Å². The van der Waals surface area contributed by atoms with Crippen molar-refractivity contribution in [2.24, 2.45) is 11.1 Å². The molecule has 0 spiro atoms. The minimum absolute atomic E-state index is 0.106. The standard InChI is InChI=1S/C12H19ClN2/c1-9-10(13)5-4-6-11(9)15-8-12(2,3)7-14/h4-6,15H,7-8,14H2,1-3H3. The normalized spacial score (nSPS) is 11.5. The fourth-order valence-electron chi connectivity index (χ4n) is 1.21. The average Bonchev–Trinajstić information content (AvgIpc) is 2.20. The lowest BCUT2D eigenvalue weighted by Gasteiger charge is -2.24. The van der Waals surface area contributed by atoms with Gasteiger partial charge in [0.15, 0.2) is 0 Å². The van der Waals surface area contributed by atoms with Gasteiger partial charge in [0, 0.05) is 17.3 Å². The van der Waals surface area contributed by atoms with Gasteiger partial charge in [-0.15, -0.1) is 0 Å². The molecule has 0 amide bonds. The van der Waals surface area contributed by atoms with Gasteiger partial charge in [-0.1, -0.05) is 31.5 Å². The van der Waals surface area contributed by atoms with E-state index in [1.54, 1.807) is 0 Å². The van der Waals surface area contributed by atoms with Gasteiger partial charge >= 0.3 is 0 Å². The summed E-state index contributed by atoms with van der Waals surface area (Å²) in [7, 11) is 0. The van der Waals surface area contributed by atoms with Crippen LogP contribution in [0.1, 0.15) is 19.4 Å². The molecule has 0 unspecified atom stereocenters. The lowest BCUT2D eigenvalue weighted by Crippen LogP contribution is -2.31. The molecule has 0 bridgehead atoms. The number of hydrogen-bond acceptors (Lipinski definition) is 2. The van der Waals surface area contributed by atoms with Crippen LogP contribution in [-0.4, -0.2) is 13.1 Å². The summed E-state index contributed by atoms with van der Waals surface area (Å²) in [6.07, 6.45) is 0. The summed E-state index contributed by atoms with van der Waals surface area (Å²) in [6, 6.07) is 5.89. The van der Waals surface area contributed by atoms with Gasteiger partial charge in [0.25, 0.3) is 0 Å². The van der Waals surface area contributed by atoms with Crippen LogP contribution in [0.3, 0.4) is 0 Å². The summed E-state index contributed by atoms with van der Waals surface area (Å²) in [6.45, 7) is 7.81. The average molecular weight is 227 g/mol. The molecule has 1 rings (SSSR count). The van der Waals surface area contributed by atoms with Crippen molar-refractivity contribution in [3.05, 3.63) is 28.8 Å². The highest BCUT2D eigenvalue weighted by atomic mass is 35.5. The Bertz CT molecular complexity index is 334. The van der Waals surface area contributed by atoms with E-state index < -0.39 is 0 Å². The number of hydrogen-bond donors (Lipinski definition) is 2. The first-order valence-electron chi connectivity index (χ1n) is 5.15. The second-order valence-electron chi connectivity index (χ2n) is 4.63. The molecule has 0 fully saturated rings. The fourth-order valence-corrected chi connectivity index (χ4v) is 1.38. The van der Waals surface area contributed by atoms with Crippen molar-refractivity contribution >= 4 is 17.3 Å². The quantitative estimate of drug-likeness (QED) is 0.828. The van der Waals surface area contributed by atoms with Crippen LogP contribution in [0.15, 0.2) is 18.2 Å². The number of halogens is 1. The highest BCUT2D eigenvalue weighted by Crippen LogP contribution is 2.24. The molecule has 0 aliphatic rings. The molecular weight excluding hydrogens is 208 g/mol. The van der Waals surface area contributed by atoms with Gasteiger partial charge in [0.1, 0.15) is 0 Å². The Balaban J connectivity index is 2.70. The molecule has 15 heavy (non-hydrogen) atoms. The van der Waals surface area contributed by atoms with E-state index >= 15 is 0 Å². The van der Waals surface area contributed by atoms with Crippen molar-refractivity contribution in [1.29, 1.82) is 0 Å². The highest BCUT2D eigenvalue weighted by molar-refractivity contribution is 6.31. The smallest absolute Gasteiger partial charge is 0.0455 e. The van der Waals surface area contributed by atoms with Gasteiger partial charge in [0.05, 0.1) is 0 Å². The van der Waals surface area contributed by atoms with E-state index in [1.165, 1.54) is 0 Å². The SMILES string of the molecule is Cc1c(Cl)cccc1NCC(C)(C)CN. The summed E-state index contributed by atoms with van der Waals surface area (Å²) < 4.78 is 0. The molecule has 0 atom stereocenters. The first-order valence-corrected chi connectivity index (χ1v) is 5.53. The van der Waals surface area contributed by atoms with Crippen molar-refractivity contribution in [1.82, 2.24) is 0 Å². The number of nitrogens with one attached hydrogen (secondary N) is 1. The van der Waals surface area contributed by atoms with Gasteiger partial charge in [-0.05, 0) is 36.6 Å². The summed E-state index contributed by atoms with van der Waals surface area (Å²) in [5.41, 5.74) is 7.96. The maximum absolute atomic E-state index is 6.03. The largest absolute Gasteiger partial charge is 0.384 e. The molecule has 0 aliphatic heterocycles. The van der Waals surface area contributed by atoms with Crippen LogP contribution in [0.4, 0.5) is 5.69 Å². The maximum atomic E-state index is 6.03. The molecule has 2 nitrogen and oxygen atoms in total. The summed E-state index contributed by atoms with van der Waals surface area (Å²) in [5, 5.41) is 4.18. The van der Waals surface area contributed by atoms with E-state index in [4.69, 9.17) is 17.3 Å². The van der Waals surface area contributed by atoms with Gasteiger partial charge in [-0.3, -0.25) is 0 Å². The number of rotatable bonds is 4. The molecule has 0 saturated heterocycles. The minimum atomic E-state index is 0.106. The van der Waals surface area contributed by atoms with Crippen molar-refractivity contribution in [3.63, 3.8) is 0 Å². The van der Waals surface area contributed by atoms with Crippen LogP contribution in [0.25, 0.3) is 0 Å². The van der Waals surface area contributed by atoms with Gasteiger partial charge in [-0.2, -0.15) is 0 Å². The molecule has 0 aromatic heterocycles. The maximum Gasteiger partial charge on any atom is 0.0455 e. The zero-order valence-electron chi connectivity index (χ0n) is 9.60. The van der Waals surface area contributed by atoms with E-state index in [-0.39, 0.29) is 5.41 Å². The number of nitrogens with two attached hydrogens (primary N) is 1. The molecule has 0 aliphatic carbocycles. The Hall–Kier alpha value is -0.730. The predicted octanol–water partition coefficient (Wildman–Crippen LogP) is 3.05. The van der Waals surface area contributed by atoms with Gasteiger partial charge in [-0.25, -0.2) is 0 Å². The Kier molecular flexibility index (Phi) is 4.00. The number of anilines is 1. The first-order chi connectivity index (χ1) is 6.96. The van der Waals surface area contributed by atoms with E-state index in [9.17, 15) is 0 Å². The van der Waals surface area contributed by atoms with E-state index in [0.717, 1.165) is 22.8 Å². The summed E-state index contributed by atoms with van der Waals surface area (Å²) in [5.74, 6) is 0. The lowest BCUT2D eigenvalue weighted by atomic mass is 9.94. The van der Waals surface area contributed by atoms with Crippen LogP contribution in [0.2, 0.25) is 5.02 Å². The van der Waals surface area contributed by atoms with Gasteiger partial charge in [0.2, 0.25) is 0 Å². The van der Waals surface area contributed by atoms with Crippen molar-refractivity contribution in [3.8, 4) is 0 Å².